The number of rotatable bonds is 3. The van der Waals surface area contributed by atoms with Gasteiger partial charge in [0.15, 0.2) is 5.84 Å². The fourth-order valence-electron chi connectivity index (χ4n) is 2.45. The maximum atomic E-state index is 12.1. The highest BCUT2D eigenvalue weighted by Gasteiger charge is 2.29. The van der Waals surface area contributed by atoms with Crippen LogP contribution in [0.1, 0.15) is 39.5 Å². The zero-order chi connectivity index (χ0) is 13.0. The van der Waals surface area contributed by atoms with Crippen LogP contribution in [0.4, 0.5) is 0 Å². The van der Waals surface area contributed by atoms with Crippen molar-refractivity contribution in [3.05, 3.63) is 0 Å². The molecule has 98 valence electrons. The van der Waals surface area contributed by atoms with E-state index < -0.39 is 5.92 Å². The van der Waals surface area contributed by atoms with Gasteiger partial charge in [0.2, 0.25) is 5.91 Å². The van der Waals surface area contributed by atoms with Gasteiger partial charge < -0.3 is 15.8 Å². The Morgan fingerprint density at radius 3 is 2.71 bits per heavy atom. The zero-order valence-electron chi connectivity index (χ0n) is 10.9. The lowest BCUT2D eigenvalue weighted by molar-refractivity contribution is -0.134. The molecule has 1 aliphatic carbocycles. The second-order valence-corrected chi connectivity index (χ2v) is 5.12. The summed E-state index contributed by atoms with van der Waals surface area (Å²) in [4.78, 5) is 13.9. The van der Waals surface area contributed by atoms with Crippen LogP contribution in [-0.4, -0.2) is 34.9 Å². The number of amides is 1. The minimum Gasteiger partial charge on any atom is -0.409 e. The summed E-state index contributed by atoms with van der Waals surface area (Å²) in [5.41, 5.74) is 5.46. The van der Waals surface area contributed by atoms with Crippen molar-refractivity contribution in [2.24, 2.45) is 22.7 Å². The Hall–Kier alpha value is -1.26. The number of hydrogen-bond acceptors (Lipinski definition) is 3. The standard InChI is InChI=1S/C12H23N3O2/c1-8-5-4-6-10(7-8)15(3)12(16)9(2)11(13)14-17/h8-10,17H,4-7H2,1-3H3,(H2,13,14). The lowest BCUT2D eigenvalue weighted by Gasteiger charge is -2.35. The minimum atomic E-state index is -0.553. The highest BCUT2D eigenvalue weighted by molar-refractivity contribution is 6.01. The van der Waals surface area contributed by atoms with Crippen molar-refractivity contribution in [2.45, 2.75) is 45.6 Å². The number of oxime groups is 1. The summed E-state index contributed by atoms with van der Waals surface area (Å²) < 4.78 is 0. The number of carbonyl (C=O) groups excluding carboxylic acids is 1. The van der Waals surface area contributed by atoms with E-state index in [-0.39, 0.29) is 11.7 Å². The summed E-state index contributed by atoms with van der Waals surface area (Å²) in [6, 6.07) is 0.292. The van der Waals surface area contributed by atoms with Crippen molar-refractivity contribution in [3.8, 4) is 0 Å². The zero-order valence-corrected chi connectivity index (χ0v) is 10.9. The Labute approximate surface area is 103 Å². The molecule has 0 aromatic rings. The Morgan fingerprint density at radius 1 is 1.53 bits per heavy atom. The summed E-state index contributed by atoms with van der Waals surface area (Å²) in [6.45, 7) is 3.89. The second kappa shape index (κ2) is 5.89. The maximum absolute atomic E-state index is 12.1. The first-order chi connectivity index (χ1) is 7.97. The van der Waals surface area contributed by atoms with E-state index in [2.05, 4.69) is 12.1 Å². The summed E-state index contributed by atoms with van der Waals surface area (Å²) in [5, 5.41) is 11.5. The van der Waals surface area contributed by atoms with Crippen LogP contribution < -0.4 is 5.73 Å². The molecule has 3 atom stereocenters. The molecule has 1 fully saturated rings. The Morgan fingerprint density at radius 2 is 2.18 bits per heavy atom. The molecule has 1 amide bonds. The van der Waals surface area contributed by atoms with Crippen molar-refractivity contribution in [2.75, 3.05) is 7.05 Å². The first-order valence-electron chi connectivity index (χ1n) is 6.21. The van der Waals surface area contributed by atoms with Gasteiger partial charge in [-0.15, -0.1) is 0 Å². The Bertz CT molecular complexity index is 304. The van der Waals surface area contributed by atoms with E-state index >= 15 is 0 Å². The van der Waals surface area contributed by atoms with E-state index in [1.165, 1.54) is 12.8 Å². The molecule has 3 N–H and O–H groups in total. The highest BCUT2D eigenvalue weighted by atomic mass is 16.4. The molecule has 0 aromatic heterocycles. The van der Waals surface area contributed by atoms with Gasteiger partial charge in [-0.25, -0.2) is 0 Å². The number of carbonyl (C=O) groups is 1. The van der Waals surface area contributed by atoms with Crippen molar-refractivity contribution >= 4 is 11.7 Å². The van der Waals surface area contributed by atoms with Gasteiger partial charge in [0.25, 0.3) is 0 Å². The van der Waals surface area contributed by atoms with Gasteiger partial charge in [-0.3, -0.25) is 4.79 Å². The van der Waals surface area contributed by atoms with Crippen LogP contribution in [0.3, 0.4) is 0 Å². The summed E-state index contributed by atoms with van der Waals surface area (Å²) in [6.07, 6.45) is 4.51. The third kappa shape index (κ3) is 3.35. The molecule has 3 unspecified atom stereocenters. The van der Waals surface area contributed by atoms with E-state index in [0.29, 0.717) is 12.0 Å². The third-order valence-electron chi connectivity index (χ3n) is 3.73. The minimum absolute atomic E-state index is 0.0225. The number of hydrogen-bond donors (Lipinski definition) is 2. The van der Waals surface area contributed by atoms with Gasteiger partial charge in [-0.1, -0.05) is 24.9 Å². The normalized spacial score (nSPS) is 27.6. The van der Waals surface area contributed by atoms with Crippen molar-refractivity contribution in [1.29, 1.82) is 0 Å². The summed E-state index contributed by atoms with van der Waals surface area (Å²) in [7, 11) is 1.81. The molecule has 0 saturated heterocycles. The summed E-state index contributed by atoms with van der Waals surface area (Å²) in [5.74, 6) is 0.0236. The van der Waals surface area contributed by atoms with Crippen molar-refractivity contribution < 1.29 is 10.0 Å². The molecule has 0 heterocycles. The molecule has 5 nitrogen and oxygen atoms in total. The van der Waals surface area contributed by atoms with Crippen LogP contribution in [-0.2, 0) is 4.79 Å². The van der Waals surface area contributed by atoms with Crippen LogP contribution in [0, 0.1) is 11.8 Å². The van der Waals surface area contributed by atoms with Gasteiger partial charge in [0.05, 0.1) is 5.92 Å². The lowest BCUT2D eigenvalue weighted by atomic mass is 9.86. The van der Waals surface area contributed by atoms with Crippen LogP contribution in [0.15, 0.2) is 5.16 Å². The SMILES string of the molecule is CC1CCCC(N(C)C(=O)C(C)C(N)=NO)C1. The van der Waals surface area contributed by atoms with Gasteiger partial charge in [0, 0.05) is 13.1 Å². The molecular weight excluding hydrogens is 218 g/mol. The average Bonchev–Trinajstić information content (AvgIpc) is 2.35. The van der Waals surface area contributed by atoms with E-state index in [1.54, 1.807) is 11.8 Å². The molecule has 0 aromatic carbocycles. The van der Waals surface area contributed by atoms with Crippen LogP contribution in [0.25, 0.3) is 0 Å². The van der Waals surface area contributed by atoms with Gasteiger partial charge in [-0.2, -0.15) is 0 Å². The van der Waals surface area contributed by atoms with Crippen molar-refractivity contribution in [3.63, 3.8) is 0 Å². The lowest BCUT2D eigenvalue weighted by Crippen LogP contribution is -2.45. The van der Waals surface area contributed by atoms with Gasteiger partial charge in [0.1, 0.15) is 0 Å². The van der Waals surface area contributed by atoms with Crippen LogP contribution in [0.5, 0.6) is 0 Å². The van der Waals surface area contributed by atoms with Crippen LogP contribution >= 0.6 is 0 Å². The quantitative estimate of drug-likeness (QED) is 0.339. The molecule has 5 heteroatoms. The van der Waals surface area contributed by atoms with Gasteiger partial charge >= 0.3 is 0 Å². The maximum Gasteiger partial charge on any atom is 0.233 e. The second-order valence-electron chi connectivity index (χ2n) is 5.12. The van der Waals surface area contributed by atoms with E-state index in [0.717, 1.165) is 12.8 Å². The fourth-order valence-corrected chi connectivity index (χ4v) is 2.45. The van der Waals surface area contributed by atoms with Gasteiger partial charge in [-0.05, 0) is 25.7 Å². The predicted octanol–water partition coefficient (Wildman–Crippen LogP) is 1.41. The smallest absolute Gasteiger partial charge is 0.233 e. The topological polar surface area (TPSA) is 78.9 Å². The highest BCUT2D eigenvalue weighted by Crippen LogP contribution is 2.27. The Balaban J connectivity index is 2.62. The molecular formula is C12H23N3O2. The molecule has 0 spiro atoms. The number of nitrogens with zero attached hydrogens (tertiary/aromatic N) is 2. The predicted molar refractivity (Wildman–Crippen MR) is 66.8 cm³/mol. The molecule has 17 heavy (non-hydrogen) atoms. The first-order valence-corrected chi connectivity index (χ1v) is 6.21. The molecule has 1 saturated carbocycles. The Kier molecular flexibility index (Phi) is 4.78. The fraction of sp³-hybridized carbons (Fsp3) is 0.833. The number of nitrogens with two attached hydrogens (primary N) is 1. The third-order valence-corrected chi connectivity index (χ3v) is 3.73. The number of amidine groups is 1. The first kappa shape index (κ1) is 13.8. The molecule has 0 bridgehead atoms. The van der Waals surface area contributed by atoms with E-state index in [9.17, 15) is 4.79 Å². The summed E-state index contributed by atoms with van der Waals surface area (Å²) >= 11 is 0. The molecule has 1 rings (SSSR count). The largest absolute Gasteiger partial charge is 0.409 e. The van der Waals surface area contributed by atoms with E-state index in [4.69, 9.17) is 10.9 Å². The molecule has 1 aliphatic rings. The molecule has 0 radical (unpaired) electrons. The molecule has 0 aliphatic heterocycles. The van der Waals surface area contributed by atoms with E-state index in [1.807, 2.05) is 7.05 Å². The van der Waals surface area contributed by atoms with Crippen molar-refractivity contribution in [1.82, 2.24) is 4.90 Å². The monoisotopic (exact) mass is 241 g/mol. The average molecular weight is 241 g/mol. The van der Waals surface area contributed by atoms with Crippen LogP contribution in [0.2, 0.25) is 0 Å².